The number of hydrogen-bond donors (Lipinski definition) is 1. The molecule has 0 aliphatic heterocycles. The molecule has 1 aliphatic rings. The molecular weight excluding hydrogens is 364 g/mol. The summed E-state index contributed by atoms with van der Waals surface area (Å²) in [5.41, 5.74) is 5.75. The van der Waals surface area contributed by atoms with E-state index in [-0.39, 0.29) is 19.1 Å². The first-order valence-corrected chi connectivity index (χ1v) is 9.25. The van der Waals surface area contributed by atoms with Gasteiger partial charge in [-0.2, -0.15) is 0 Å². The minimum atomic E-state index is -0.509. The molecular formula is C24H18N2O3. The molecule has 142 valence electrons. The molecule has 4 rings (SSSR count). The van der Waals surface area contributed by atoms with E-state index in [9.17, 15) is 9.59 Å². The predicted molar refractivity (Wildman–Crippen MR) is 110 cm³/mol. The number of aromatic nitrogens is 1. The highest BCUT2D eigenvalue weighted by Gasteiger charge is 2.28. The van der Waals surface area contributed by atoms with Crippen LogP contribution in [0, 0.1) is 11.8 Å². The van der Waals surface area contributed by atoms with Gasteiger partial charge in [-0.1, -0.05) is 54.5 Å². The Morgan fingerprint density at radius 2 is 1.72 bits per heavy atom. The molecule has 0 saturated carbocycles. The Bertz CT molecular complexity index is 1070. The number of pyridine rings is 1. The largest absolute Gasteiger partial charge is 0.449 e. The fourth-order valence-electron chi connectivity index (χ4n) is 3.45. The van der Waals surface area contributed by atoms with Gasteiger partial charge < -0.3 is 10.1 Å². The van der Waals surface area contributed by atoms with Crippen molar-refractivity contribution in [3.63, 3.8) is 0 Å². The molecule has 0 radical (unpaired) electrons. The molecule has 29 heavy (non-hydrogen) atoms. The Balaban J connectivity index is 1.33. The minimum Gasteiger partial charge on any atom is -0.449 e. The minimum absolute atomic E-state index is 0.0276. The van der Waals surface area contributed by atoms with E-state index in [1.54, 1.807) is 12.1 Å². The van der Waals surface area contributed by atoms with Crippen LogP contribution < -0.4 is 5.32 Å². The average molecular weight is 382 g/mol. The molecule has 1 amide bonds. The molecule has 0 fully saturated rings. The monoisotopic (exact) mass is 382 g/mol. The molecule has 0 spiro atoms. The number of hydrogen-bond acceptors (Lipinski definition) is 4. The molecule has 0 saturated heterocycles. The second-order valence-corrected chi connectivity index (χ2v) is 6.58. The average Bonchev–Trinajstić information content (AvgIpc) is 3.09. The van der Waals surface area contributed by atoms with Gasteiger partial charge in [0, 0.05) is 17.7 Å². The number of nitrogens with one attached hydrogen (secondary N) is 1. The number of fused-ring (bicyclic) bond motifs is 3. The third-order valence-corrected chi connectivity index (χ3v) is 4.80. The molecule has 0 bridgehead atoms. The first-order chi connectivity index (χ1) is 14.3. The van der Waals surface area contributed by atoms with Crippen molar-refractivity contribution in [3.05, 3.63) is 89.2 Å². The van der Waals surface area contributed by atoms with Crippen molar-refractivity contribution in [1.82, 2.24) is 10.3 Å². The van der Waals surface area contributed by atoms with Crippen molar-refractivity contribution in [2.45, 2.75) is 5.92 Å². The smallest absolute Gasteiger partial charge is 0.407 e. The van der Waals surface area contributed by atoms with Gasteiger partial charge in [-0.25, -0.2) is 9.78 Å². The van der Waals surface area contributed by atoms with Gasteiger partial charge in [0.1, 0.15) is 12.3 Å². The van der Waals surface area contributed by atoms with E-state index < -0.39 is 6.09 Å². The standard InChI is InChI=1S/C24H18N2O3/c27-15-17-11-12-18(26-14-17)6-5-13-25-24(28)29-16-23-21-9-3-1-7-19(21)20-8-2-4-10-22(20)23/h1-4,7-12,14-15,23H,13,16H2,(H,25,28). The number of ether oxygens (including phenoxy) is 1. The summed E-state index contributed by atoms with van der Waals surface area (Å²) in [5.74, 6) is 5.67. The number of alkyl carbamates (subject to hydrolysis) is 1. The summed E-state index contributed by atoms with van der Waals surface area (Å²) in [6, 6.07) is 19.7. The summed E-state index contributed by atoms with van der Waals surface area (Å²) in [6.07, 6.45) is 1.67. The van der Waals surface area contributed by atoms with Gasteiger partial charge in [-0.15, -0.1) is 0 Å². The molecule has 5 nitrogen and oxygen atoms in total. The van der Waals surface area contributed by atoms with Crippen LogP contribution in [0.25, 0.3) is 11.1 Å². The first-order valence-electron chi connectivity index (χ1n) is 9.25. The SMILES string of the molecule is O=Cc1ccc(C#CCNC(=O)OCC2c3ccccc3-c3ccccc32)nc1. The van der Waals surface area contributed by atoms with Crippen LogP contribution in [-0.2, 0) is 4.74 Å². The summed E-state index contributed by atoms with van der Waals surface area (Å²) in [6.45, 7) is 0.412. The van der Waals surface area contributed by atoms with Gasteiger partial charge in [-0.3, -0.25) is 4.79 Å². The normalized spacial score (nSPS) is 11.6. The molecule has 1 aromatic heterocycles. The zero-order valence-corrected chi connectivity index (χ0v) is 15.6. The van der Waals surface area contributed by atoms with E-state index in [1.165, 1.54) is 28.5 Å². The van der Waals surface area contributed by atoms with E-state index in [0.717, 1.165) is 6.29 Å². The second kappa shape index (κ2) is 8.41. The van der Waals surface area contributed by atoms with Gasteiger partial charge in [-0.05, 0) is 40.3 Å². The third kappa shape index (κ3) is 4.02. The highest BCUT2D eigenvalue weighted by molar-refractivity contribution is 5.79. The Morgan fingerprint density at radius 3 is 2.34 bits per heavy atom. The molecule has 1 aliphatic carbocycles. The van der Waals surface area contributed by atoms with Crippen molar-refractivity contribution in [2.24, 2.45) is 0 Å². The fourth-order valence-corrected chi connectivity index (χ4v) is 3.45. The van der Waals surface area contributed by atoms with Crippen molar-refractivity contribution in [3.8, 4) is 23.0 Å². The van der Waals surface area contributed by atoms with E-state index in [4.69, 9.17) is 4.74 Å². The molecule has 1 N–H and O–H groups in total. The van der Waals surface area contributed by atoms with Crippen LogP contribution in [0.2, 0.25) is 0 Å². The number of rotatable bonds is 4. The molecule has 2 aromatic carbocycles. The van der Waals surface area contributed by atoms with Crippen molar-refractivity contribution in [2.75, 3.05) is 13.2 Å². The molecule has 0 atom stereocenters. The Hall–Kier alpha value is -3.91. The number of aldehydes is 1. The van der Waals surface area contributed by atoms with Crippen LogP contribution in [0.15, 0.2) is 66.9 Å². The predicted octanol–water partition coefficient (Wildman–Crippen LogP) is 3.78. The first kappa shape index (κ1) is 18.5. The maximum atomic E-state index is 12.1. The second-order valence-electron chi connectivity index (χ2n) is 6.58. The number of carbonyl (C=O) groups is 2. The third-order valence-electron chi connectivity index (χ3n) is 4.80. The van der Waals surface area contributed by atoms with E-state index in [1.807, 2.05) is 24.3 Å². The topological polar surface area (TPSA) is 68.3 Å². The van der Waals surface area contributed by atoms with Crippen LogP contribution in [0.1, 0.15) is 33.1 Å². The van der Waals surface area contributed by atoms with Crippen molar-refractivity contribution in [1.29, 1.82) is 0 Å². The van der Waals surface area contributed by atoms with Gasteiger partial charge in [0.25, 0.3) is 0 Å². The van der Waals surface area contributed by atoms with Gasteiger partial charge >= 0.3 is 6.09 Å². The summed E-state index contributed by atoms with van der Waals surface area (Å²) >= 11 is 0. The summed E-state index contributed by atoms with van der Waals surface area (Å²) in [4.78, 5) is 26.7. The highest BCUT2D eigenvalue weighted by atomic mass is 16.5. The lowest BCUT2D eigenvalue weighted by atomic mass is 9.98. The Labute approximate surface area is 168 Å². The number of nitrogens with zero attached hydrogens (tertiary/aromatic N) is 1. The fraction of sp³-hybridized carbons (Fsp3) is 0.125. The van der Waals surface area contributed by atoms with Crippen LogP contribution in [0.5, 0.6) is 0 Å². The van der Waals surface area contributed by atoms with Crippen molar-refractivity contribution >= 4 is 12.4 Å². The van der Waals surface area contributed by atoms with Crippen LogP contribution in [-0.4, -0.2) is 30.5 Å². The summed E-state index contributed by atoms with van der Waals surface area (Å²) in [5, 5.41) is 2.63. The molecule has 3 aromatic rings. The Morgan fingerprint density at radius 1 is 1.03 bits per heavy atom. The van der Waals surface area contributed by atoms with Gasteiger partial charge in [0.2, 0.25) is 0 Å². The number of benzene rings is 2. The van der Waals surface area contributed by atoms with Gasteiger partial charge in [0.15, 0.2) is 6.29 Å². The lowest BCUT2D eigenvalue weighted by Gasteiger charge is -2.14. The molecule has 0 unspecified atom stereocenters. The highest BCUT2D eigenvalue weighted by Crippen LogP contribution is 2.44. The van der Waals surface area contributed by atoms with E-state index in [0.29, 0.717) is 11.3 Å². The van der Waals surface area contributed by atoms with Crippen LogP contribution in [0.4, 0.5) is 4.79 Å². The Kier molecular flexibility index (Phi) is 5.35. The maximum Gasteiger partial charge on any atom is 0.407 e. The summed E-state index contributed by atoms with van der Waals surface area (Å²) < 4.78 is 5.45. The molecule has 1 heterocycles. The van der Waals surface area contributed by atoms with Crippen LogP contribution in [0.3, 0.4) is 0 Å². The quantitative estimate of drug-likeness (QED) is 0.551. The maximum absolute atomic E-state index is 12.1. The lowest BCUT2D eigenvalue weighted by Crippen LogP contribution is -2.26. The number of carbonyl (C=O) groups excluding carboxylic acids is 2. The summed E-state index contributed by atoms with van der Waals surface area (Å²) in [7, 11) is 0. The van der Waals surface area contributed by atoms with E-state index in [2.05, 4.69) is 46.4 Å². The molecule has 5 heteroatoms. The van der Waals surface area contributed by atoms with Crippen molar-refractivity contribution < 1.29 is 14.3 Å². The van der Waals surface area contributed by atoms with E-state index >= 15 is 0 Å². The van der Waals surface area contributed by atoms with Gasteiger partial charge in [0.05, 0.1) is 6.54 Å². The zero-order chi connectivity index (χ0) is 20.1. The van der Waals surface area contributed by atoms with Crippen LogP contribution >= 0.6 is 0 Å². The zero-order valence-electron chi connectivity index (χ0n) is 15.6. The number of amides is 1. The lowest BCUT2D eigenvalue weighted by molar-refractivity contribution is 0.112.